The molecule has 0 radical (unpaired) electrons. The molecule has 4 heteroatoms. The van der Waals surface area contributed by atoms with Gasteiger partial charge in [-0.05, 0) is 24.5 Å². The fraction of sp³-hybridized carbons (Fsp3) is 0.538. The lowest BCUT2D eigenvalue weighted by Crippen LogP contribution is -2.15. The Bertz CT molecular complexity index is 381. The van der Waals surface area contributed by atoms with Crippen molar-refractivity contribution in [2.75, 3.05) is 19.0 Å². The zero-order chi connectivity index (χ0) is 12.3. The summed E-state index contributed by atoms with van der Waals surface area (Å²) in [6.07, 6.45) is 0.607. The van der Waals surface area contributed by atoms with E-state index >= 15 is 0 Å². The molecule has 1 aromatic carbocycles. The summed E-state index contributed by atoms with van der Waals surface area (Å²) in [5.41, 5.74) is 0.866. The minimum atomic E-state index is -2.47. The summed E-state index contributed by atoms with van der Waals surface area (Å²) in [5, 5.41) is 3.19. The van der Waals surface area contributed by atoms with Gasteiger partial charge in [0.1, 0.15) is 5.75 Å². The van der Waals surface area contributed by atoms with Crippen molar-refractivity contribution in [1.29, 1.82) is 0 Å². The van der Waals surface area contributed by atoms with Gasteiger partial charge in [0.05, 0.1) is 12.8 Å². The Hall–Kier alpha value is -1.32. The van der Waals surface area contributed by atoms with Crippen molar-refractivity contribution >= 4 is 5.69 Å². The Morgan fingerprint density at radius 3 is 2.82 bits per heavy atom. The lowest BCUT2D eigenvalue weighted by molar-refractivity contribution is 0.00556. The van der Waals surface area contributed by atoms with Crippen LogP contribution in [-0.2, 0) is 0 Å². The first-order valence-electron chi connectivity index (χ1n) is 5.85. The summed E-state index contributed by atoms with van der Waals surface area (Å²) in [4.78, 5) is 0. The van der Waals surface area contributed by atoms with Gasteiger partial charge in [-0.15, -0.1) is 0 Å². The first-order chi connectivity index (χ1) is 8.11. The molecule has 0 aromatic heterocycles. The minimum Gasteiger partial charge on any atom is -0.495 e. The molecule has 0 amide bonds. The van der Waals surface area contributed by atoms with Crippen molar-refractivity contribution in [2.24, 2.45) is 5.92 Å². The molecule has 94 valence electrons. The SMILES string of the molecule is COc1ccccc1NCC1CCC(F)(F)C1. The van der Waals surface area contributed by atoms with Crippen LogP contribution in [0.3, 0.4) is 0 Å². The molecule has 1 aliphatic rings. The van der Waals surface area contributed by atoms with Crippen LogP contribution in [0.25, 0.3) is 0 Å². The lowest BCUT2D eigenvalue weighted by atomic mass is 10.1. The number of anilines is 1. The summed E-state index contributed by atoms with van der Waals surface area (Å²) < 4.78 is 31.2. The molecule has 1 atom stereocenters. The van der Waals surface area contributed by atoms with Gasteiger partial charge in [-0.1, -0.05) is 12.1 Å². The van der Waals surface area contributed by atoms with Gasteiger partial charge >= 0.3 is 0 Å². The van der Waals surface area contributed by atoms with Crippen molar-refractivity contribution in [3.63, 3.8) is 0 Å². The third kappa shape index (κ3) is 3.08. The highest BCUT2D eigenvalue weighted by molar-refractivity contribution is 5.56. The van der Waals surface area contributed by atoms with Crippen LogP contribution in [0, 0.1) is 5.92 Å². The standard InChI is InChI=1S/C13H17F2NO/c1-17-12-5-3-2-4-11(12)16-9-10-6-7-13(14,15)8-10/h2-5,10,16H,6-9H2,1H3. The van der Waals surface area contributed by atoms with Gasteiger partial charge < -0.3 is 10.1 Å². The molecule has 1 unspecified atom stereocenters. The highest BCUT2D eigenvalue weighted by atomic mass is 19.3. The third-order valence-electron chi connectivity index (χ3n) is 3.19. The summed E-state index contributed by atoms with van der Waals surface area (Å²) >= 11 is 0. The number of methoxy groups -OCH3 is 1. The predicted octanol–water partition coefficient (Wildman–Crippen LogP) is 3.54. The Labute approximate surface area is 100.0 Å². The van der Waals surface area contributed by atoms with E-state index in [0.717, 1.165) is 11.4 Å². The third-order valence-corrected chi connectivity index (χ3v) is 3.19. The van der Waals surface area contributed by atoms with Crippen molar-refractivity contribution in [2.45, 2.75) is 25.2 Å². The van der Waals surface area contributed by atoms with Gasteiger partial charge in [0.25, 0.3) is 0 Å². The number of benzene rings is 1. The molecular weight excluding hydrogens is 224 g/mol. The predicted molar refractivity (Wildman–Crippen MR) is 63.8 cm³/mol. The zero-order valence-corrected chi connectivity index (χ0v) is 9.88. The van der Waals surface area contributed by atoms with Crippen molar-refractivity contribution in [3.8, 4) is 5.75 Å². The first-order valence-corrected chi connectivity index (χ1v) is 5.85. The van der Waals surface area contributed by atoms with Gasteiger partial charge in [-0.2, -0.15) is 0 Å². The molecule has 17 heavy (non-hydrogen) atoms. The molecule has 1 aliphatic carbocycles. The molecule has 0 spiro atoms. The molecule has 1 fully saturated rings. The molecule has 0 bridgehead atoms. The largest absolute Gasteiger partial charge is 0.495 e. The molecule has 2 nitrogen and oxygen atoms in total. The maximum Gasteiger partial charge on any atom is 0.248 e. The topological polar surface area (TPSA) is 21.3 Å². The van der Waals surface area contributed by atoms with E-state index in [9.17, 15) is 8.78 Å². The van der Waals surface area contributed by atoms with E-state index in [0.29, 0.717) is 13.0 Å². The summed E-state index contributed by atoms with van der Waals surface area (Å²) in [6.45, 7) is 0.579. The maximum absolute atomic E-state index is 13.0. The van der Waals surface area contributed by atoms with Gasteiger partial charge in [-0.25, -0.2) is 8.78 Å². The van der Waals surface area contributed by atoms with Crippen LogP contribution < -0.4 is 10.1 Å². The second-order valence-corrected chi connectivity index (χ2v) is 4.55. The molecular formula is C13H17F2NO. The van der Waals surface area contributed by atoms with Crippen LogP contribution in [0.15, 0.2) is 24.3 Å². The van der Waals surface area contributed by atoms with Crippen LogP contribution >= 0.6 is 0 Å². The fourth-order valence-corrected chi connectivity index (χ4v) is 2.26. The molecule has 1 aromatic rings. The van der Waals surface area contributed by atoms with E-state index in [1.165, 1.54) is 0 Å². The fourth-order valence-electron chi connectivity index (χ4n) is 2.26. The average Bonchev–Trinajstić information content (AvgIpc) is 2.67. The molecule has 0 aliphatic heterocycles. The Balaban J connectivity index is 1.90. The van der Waals surface area contributed by atoms with Crippen molar-refractivity contribution in [1.82, 2.24) is 0 Å². The van der Waals surface area contributed by atoms with E-state index in [1.54, 1.807) is 7.11 Å². The van der Waals surface area contributed by atoms with E-state index in [2.05, 4.69) is 5.32 Å². The maximum atomic E-state index is 13.0. The molecule has 1 saturated carbocycles. The molecule has 0 heterocycles. The van der Waals surface area contributed by atoms with Crippen molar-refractivity contribution in [3.05, 3.63) is 24.3 Å². The number of para-hydroxylation sites is 2. The first kappa shape index (κ1) is 12.1. The number of hydrogen-bond donors (Lipinski definition) is 1. The summed E-state index contributed by atoms with van der Waals surface area (Å²) in [5.74, 6) is -1.67. The van der Waals surface area contributed by atoms with Gasteiger partial charge in [-0.3, -0.25) is 0 Å². The van der Waals surface area contributed by atoms with Gasteiger partial charge in [0.2, 0.25) is 5.92 Å². The monoisotopic (exact) mass is 241 g/mol. The summed E-state index contributed by atoms with van der Waals surface area (Å²) in [7, 11) is 1.60. The molecule has 1 N–H and O–H groups in total. The Morgan fingerprint density at radius 1 is 1.41 bits per heavy atom. The smallest absolute Gasteiger partial charge is 0.248 e. The Kier molecular flexibility index (Phi) is 3.50. The second-order valence-electron chi connectivity index (χ2n) is 4.55. The molecule has 0 saturated heterocycles. The highest BCUT2D eigenvalue weighted by Gasteiger charge is 2.39. The van der Waals surface area contributed by atoms with Crippen LogP contribution in [0.5, 0.6) is 5.75 Å². The molecule has 2 rings (SSSR count). The lowest BCUT2D eigenvalue weighted by Gasteiger charge is -2.14. The van der Waals surface area contributed by atoms with Crippen LogP contribution in [-0.4, -0.2) is 19.6 Å². The van der Waals surface area contributed by atoms with Crippen LogP contribution in [0.2, 0.25) is 0 Å². The number of nitrogens with one attached hydrogen (secondary N) is 1. The number of ether oxygens (including phenoxy) is 1. The number of alkyl halides is 2. The Morgan fingerprint density at radius 2 is 2.18 bits per heavy atom. The van der Waals surface area contributed by atoms with Gasteiger partial charge in [0, 0.05) is 19.4 Å². The van der Waals surface area contributed by atoms with E-state index in [4.69, 9.17) is 4.74 Å². The number of hydrogen-bond acceptors (Lipinski definition) is 2. The number of halogens is 2. The van der Waals surface area contributed by atoms with E-state index in [-0.39, 0.29) is 18.8 Å². The minimum absolute atomic E-state index is 0.00481. The van der Waals surface area contributed by atoms with Crippen LogP contribution in [0.4, 0.5) is 14.5 Å². The zero-order valence-electron chi connectivity index (χ0n) is 9.88. The number of rotatable bonds is 4. The summed E-state index contributed by atoms with van der Waals surface area (Å²) in [6, 6.07) is 7.53. The van der Waals surface area contributed by atoms with Gasteiger partial charge in [0.15, 0.2) is 0 Å². The second kappa shape index (κ2) is 4.90. The quantitative estimate of drug-likeness (QED) is 0.870. The van der Waals surface area contributed by atoms with E-state index in [1.807, 2.05) is 24.3 Å². The normalized spacial score (nSPS) is 22.4. The van der Waals surface area contributed by atoms with E-state index < -0.39 is 5.92 Å². The highest BCUT2D eigenvalue weighted by Crippen LogP contribution is 2.39. The average molecular weight is 241 g/mol. The van der Waals surface area contributed by atoms with Crippen molar-refractivity contribution < 1.29 is 13.5 Å². The van der Waals surface area contributed by atoms with Crippen LogP contribution in [0.1, 0.15) is 19.3 Å².